The van der Waals surface area contributed by atoms with Gasteiger partial charge in [0.15, 0.2) is 0 Å². The molecule has 0 aliphatic carbocycles. The highest BCUT2D eigenvalue weighted by Gasteiger charge is 2.37. The minimum Gasteiger partial charge on any atom is -0.414 e. The van der Waals surface area contributed by atoms with Gasteiger partial charge in [0, 0.05) is 18.5 Å². The number of carbonyl (C=O) groups excluding carboxylic acids is 1. The third-order valence-corrected chi connectivity index (χ3v) is 3.44. The van der Waals surface area contributed by atoms with Gasteiger partial charge in [0.1, 0.15) is 5.76 Å². The summed E-state index contributed by atoms with van der Waals surface area (Å²) in [6.45, 7) is 16.5. The van der Waals surface area contributed by atoms with Crippen molar-refractivity contribution in [2.45, 2.75) is 61.3 Å². The van der Waals surface area contributed by atoms with Gasteiger partial charge in [-0.2, -0.15) is 0 Å². The van der Waals surface area contributed by atoms with Crippen LogP contribution in [0.2, 0.25) is 0 Å². The Kier molecular flexibility index (Phi) is 4.70. The Bertz CT molecular complexity index is 369. The number of amides is 1. The van der Waals surface area contributed by atoms with Crippen LogP contribution in [0.1, 0.15) is 61.3 Å². The summed E-state index contributed by atoms with van der Waals surface area (Å²) >= 11 is 0. The first kappa shape index (κ1) is 16.1. The Morgan fingerprint density at radius 2 is 1.68 bits per heavy atom. The zero-order chi connectivity index (χ0) is 14.8. The smallest absolute Gasteiger partial charge is 0.414 e. The molecule has 1 heterocycles. The van der Waals surface area contributed by atoms with Crippen molar-refractivity contribution < 1.29 is 9.53 Å². The van der Waals surface area contributed by atoms with E-state index in [1.165, 1.54) is 5.57 Å². The van der Waals surface area contributed by atoms with Gasteiger partial charge in [-0.3, -0.25) is 0 Å². The fourth-order valence-electron chi connectivity index (χ4n) is 2.24. The maximum atomic E-state index is 12.1. The number of ether oxygens (including phenoxy) is 1. The molecular formula is C16H29NO2. The summed E-state index contributed by atoms with van der Waals surface area (Å²) < 4.78 is 5.67. The first-order valence-electron chi connectivity index (χ1n) is 7.28. The van der Waals surface area contributed by atoms with Crippen LogP contribution >= 0.6 is 0 Å². The van der Waals surface area contributed by atoms with Crippen molar-refractivity contribution in [3.63, 3.8) is 0 Å². The molecule has 0 atom stereocenters. The summed E-state index contributed by atoms with van der Waals surface area (Å²) in [6, 6.07) is 0. The van der Waals surface area contributed by atoms with Gasteiger partial charge in [-0.25, -0.2) is 4.79 Å². The average Bonchev–Trinajstić information content (AvgIpc) is 2.24. The second-order valence-corrected chi connectivity index (χ2v) is 7.45. The Labute approximate surface area is 118 Å². The number of carbonyl (C=O) groups is 1. The van der Waals surface area contributed by atoms with E-state index in [1.807, 2.05) is 4.90 Å². The molecule has 0 saturated carbocycles. The van der Waals surface area contributed by atoms with E-state index in [9.17, 15) is 4.79 Å². The van der Waals surface area contributed by atoms with Crippen molar-refractivity contribution in [2.24, 2.45) is 10.8 Å². The van der Waals surface area contributed by atoms with Gasteiger partial charge < -0.3 is 9.64 Å². The molecule has 19 heavy (non-hydrogen) atoms. The molecule has 0 aromatic carbocycles. The van der Waals surface area contributed by atoms with Crippen LogP contribution < -0.4 is 0 Å². The molecular weight excluding hydrogens is 238 g/mol. The van der Waals surface area contributed by atoms with Crippen molar-refractivity contribution >= 4 is 6.09 Å². The van der Waals surface area contributed by atoms with Gasteiger partial charge in [0.25, 0.3) is 0 Å². The topological polar surface area (TPSA) is 29.5 Å². The van der Waals surface area contributed by atoms with Crippen molar-refractivity contribution in [3.8, 4) is 0 Å². The van der Waals surface area contributed by atoms with E-state index in [1.54, 1.807) is 0 Å². The first-order valence-corrected chi connectivity index (χ1v) is 7.28. The number of rotatable bonds is 3. The van der Waals surface area contributed by atoms with E-state index in [4.69, 9.17) is 4.74 Å². The van der Waals surface area contributed by atoms with Crippen LogP contribution in [-0.4, -0.2) is 24.1 Å². The van der Waals surface area contributed by atoms with Crippen LogP contribution in [0.25, 0.3) is 0 Å². The molecule has 0 aromatic heterocycles. The zero-order valence-corrected chi connectivity index (χ0v) is 13.6. The predicted molar refractivity (Wildman–Crippen MR) is 78.9 cm³/mol. The standard InChI is InChI=1S/C16H29NO2/c1-8-9-10-17-11-12(15(2,3)4)13(16(5,6)7)19-14(17)18/h8-11H2,1-7H3. The van der Waals surface area contributed by atoms with Gasteiger partial charge in [-0.15, -0.1) is 0 Å². The maximum absolute atomic E-state index is 12.1. The average molecular weight is 267 g/mol. The molecule has 0 N–H and O–H groups in total. The van der Waals surface area contributed by atoms with Gasteiger partial charge in [0.05, 0.1) is 0 Å². The van der Waals surface area contributed by atoms with Crippen LogP contribution in [0.4, 0.5) is 4.79 Å². The van der Waals surface area contributed by atoms with E-state index in [0.29, 0.717) is 6.54 Å². The van der Waals surface area contributed by atoms with Crippen molar-refractivity contribution in [1.82, 2.24) is 4.90 Å². The SMILES string of the molecule is CCCCN1CC(C(C)(C)C)=C(C(C)(C)C)OC1=O. The fraction of sp³-hybridized carbons (Fsp3) is 0.812. The normalized spacial score (nSPS) is 17.8. The molecule has 3 heteroatoms. The second-order valence-electron chi connectivity index (χ2n) is 7.45. The zero-order valence-electron chi connectivity index (χ0n) is 13.6. The van der Waals surface area contributed by atoms with E-state index in [2.05, 4.69) is 48.5 Å². The number of allylic oxidation sites excluding steroid dienone is 1. The van der Waals surface area contributed by atoms with Gasteiger partial charge >= 0.3 is 6.09 Å². The molecule has 110 valence electrons. The Morgan fingerprint density at radius 3 is 2.11 bits per heavy atom. The van der Waals surface area contributed by atoms with E-state index < -0.39 is 0 Å². The van der Waals surface area contributed by atoms with Crippen LogP contribution in [0.3, 0.4) is 0 Å². The fourth-order valence-corrected chi connectivity index (χ4v) is 2.24. The molecule has 0 saturated heterocycles. The Morgan fingerprint density at radius 1 is 1.11 bits per heavy atom. The minimum absolute atomic E-state index is 0.0216. The van der Waals surface area contributed by atoms with Crippen molar-refractivity contribution in [3.05, 3.63) is 11.3 Å². The molecule has 0 fully saturated rings. The Hall–Kier alpha value is -0.990. The lowest BCUT2D eigenvalue weighted by molar-refractivity contribution is 0.0907. The molecule has 3 nitrogen and oxygen atoms in total. The highest BCUT2D eigenvalue weighted by Crippen LogP contribution is 2.40. The van der Waals surface area contributed by atoms with E-state index in [-0.39, 0.29) is 16.9 Å². The second kappa shape index (κ2) is 5.56. The van der Waals surface area contributed by atoms with Crippen LogP contribution in [0.5, 0.6) is 0 Å². The molecule has 0 bridgehead atoms. The third-order valence-electron chi connectivity index (χ3n) is 3.44. The predicted octanol–water partition coefficient (Wildman–Crippen LogP) is 4.59. The highest BCUT2D eigenvalue weighted by molar-refractivity contribution is 5.71. The summed E-state index contributed by atoms with van der Waals surface area (Å²) in [5.41, 5.74) is 1.14. The van der Waals surface area contributed by atoms with Crippen LogP contribution in [0, 0.1) is 10.8 Å². The van der Waals surface area contributed by atoms with E-state index >= 15 is 0 Å². The lowest BCUT2D eigenvalue weighted by Gasteiger charge is -2.39. The summed E-state index contributed by atoms with van der Waals surface area (Å²) in [6.07, 6.45) is 1.92. The van der Waals surface area contributed by atoms with Crippen LogP contribution in [0.15, 0.2) is 11.3 Å². The number of unbranched alkanes of at least 4 members (excludes halogenated alkanes) is 1. The number of cyclic esters (lactones) is 1. The Balaban J connectivity index is 3.09. The third kappa shape index (κ3) is 3.99. The molecule has 0 unspecified atom stereocenters. The molecule has 1 rings (SSSR count). The monoisotopic (exact) mass is 267 g/mol. The number of nitrogens with zero attached hydrogens (tertiary/aromatic N) is 1. The molecule has 0 spiro atoms. The summed E-state index contributed by atoms with van der Waals surface area (Å²) in [5.74, 6) is 0.859. The molecule has 0 aromatic rings. The number of hydrogen-bond acceptors (Lipinski definition) is 2. The molecule has 0 radical (unpaired) electrons. The lowest BCUT2D eigenvalue weighted by atomic mass is 9.78. The summed E-state index contributed by atoms with van der Waals surface area (Å²) in [7, 11) is 0. The van der Waals surface area contributed by atoms with Gasteiger partial charge in [-0.05, 0) is 17.4 Å². The summed E-state index contributed by atoms with van der Waals surface area (Å²) in [4.78, 5) is 13.9. The van der Waals surface area contributed by atoms with Crippen LogP contribution in [-0.2, 0) is 4.74 Å². The number of hydrogen-bond donors (Lipinski definition) is 0. The molecule has 1 aliphatic heterocycles. The lowest BCUT2D eigenvalue weighted by Crippen LogP contribution is -2.43. The van der Waals surface area contributed by atoms with Gasteiger partial charge in [-0.1, -0.05) is 54.9 Å². The maximum Gasteiger partial charge on any atom is 0.415 e. The first-order chi connectivity index (χ1) is 8.57. The van der Waals surface area contributed by atoms with Gasteiger partial charge in [0.2, 0.25) is 0 Å². The van der Waals surface area contributed by atoms with Crippen molar-refractivity contribution in [1.29, 1.82) is 0 Å². The molecule has 1 aliphatic rings. The quantitative estimate of drug-likeness (QED) is 0.748. The molecule has 1 amide bonds. The highest BCUT2D eigenvalue weighted by atomic mass is 16.6. The van der Waals surface area contributed by atoms with E-state index in [0.717, 1.165) is 25.1 Å². The minimum atomic E-state index is -0.189. The van der Waals surface area contributed by atoms with Crippen molar-refractivity contribution in [2.75, 3.05) is 13.1 Å². The summed E-state index contributed by atoms with van der Waals surface area (Å²) in [5, 5.41) is 0. The largest absolute Gasteiger partial charge is 0.415 e.